The van der Waals surface area contributed by atoms with Crippen LogP contribution >= 0.6 is 11.8 Å². The van der Waals surface area contributed by atoms with Crippen LogP contribution < -0.4 is 5.32 Å². The molecule has 0 unspecified atom stereocenters. The van der Waals surface area contributed by atoms with Gasteiger partial charge in [-0.05, 0) is 6.42 Å². The summed E-state index contributed by atoms with van der Waals surface area (Å²) in [6.07, 6.45) is 0.705. The molecule has 0 spiro atoms. The fourth-order valence-corrected chi connectivity index (χ4v) is 2.21. The molecule has 1 aliphatic heterocycles. The van der Waals surface area contributed by atoms with Crippen molar-refractivity contribution in [3.63, 3.8) is 0 Å². The Kier molecular flexibility index (Phi) is 4.02. The number of ether oxygens (including phenoxy) is 1. The maximum atomic E-state index is 11.8. The molecular formula is C11H17NO3S. The van der Waals surface area contributed by atoms with Crippen molar-refractivity contribution in [3.8, 4) is 0 Å². The molecular weight excluding hydrogens is 226 g/mol. The van der Waals surface area contributed by atoms with Crippen molar-refractivity contribution in [2.24, 2.45) is 5.41 Å². The van der Waals surface area contributed by atoms with Crippen molar-refractivity contribution in [1.82, 2.24) is 5.32 Å². The predicted molar refractivity (Wildman–Crippen MR) is 63.7 cm³/mol. The number of thioether (sulfide) groups is 1. The summed E-state index contributed by atoms with van der Waals surface area (Å²) in [5.41, 5.74) is 0.235. The molecule has 1 rings (SSSR count). The van der Waals surface area contributed by atoms with Crippen LogP contribution in [0.25, 0.3) is 0 Å². The second-order valence-corrected chi connectivity index (χ2v) is 5.71. The Balaban J connectivity index is 2.79. The fourth-order valence-electron chi connectivity index (χ4n) is 1.17. The van der Waals surface area contributed by atoms with E-state index in [1.54, 1.807) is 0 Å². The smallest absolute Gasteiger partial charge is 0.346 e. The molecule has 90 valence electrons. The van der Waals surface area contributed by atoms with Crippen LogP contribution in [0.2, 0.25) is 0 Å². The highest BCUT2D eigenvalue weighted by molar-refractivity contribution is 8.04. The Morgan fingerprint density at radius 2 is 2.00 bits per heavy atom. The van der Waals surface area contributed by atoms with Crippen LogP contribution in [0.5, 0.6) is 0 Å². The number of carbonyl (C=O) groups is 2. The Morgan fingerprint density at radius 3 is 2.50 bits per heavy atom. The standard InChI is InChI=1S/C11H17NO3S/c1-11(2,3)10(14)12-7-5-6-16-8(7)9(13)15-4/h5-6H2,1-4H3,(H,12,14). The third kappa shape index (κ3) is 3.01. The van der Waals surface area contributed by atoms with Crippen molar-refractivity contribution in [2.75, 3.05) is 12.9 Å². The predicted octanol–water partition coefficient (Wildman–Crippen LogP) is 1.67. The van der Waals surface area contributed by atoms with Gasteiger partial charge in [0.05, 0.1) is 7.11 Å². The van der Waals surface area contributed by atoms with Gasteiger partial charge in [-0.15, -0.1) is 11.8 Å². The highest BCUT2D eigenvalue weighted by Crippen LogP contribution is 2.31. The van der Waals surface area contributed by atoms with Gasteiger partial charge in [0.1, 0.15) is 4.91 Å². The van der Waals surface area contributed by atoms with Crippen LogP contribution in [0.4, 0.5) is 0 Å². The number of allylic oxidation sites excluding steroid dienone is 1. The highest BCUT2D eigenvalue weighted by atomic mass is 32.2. The molecule has 0 fully saturated rings. The zero-order chi connectivity index (χ0) is 12.3. The van der Waals surface area contributed by atoms with E-state index in [-0.39, 0.29) is 11.9 Å². The summed E-state index contributed by atoms with van der Waals surface area (Å²) in [6.45, 7) is 5.51. The maximum Gasteiger partial charge on any atom is 0.346 e. The van der Waals surface area contributed by atoms with Crippen LogP contribution in [0.3, 0.4) is 0 Å². The highest BCUT2D eigenvalue weighted by Gasteiger charge is 2.27. The third-order valence-electron chi connectivity index (χ3n) is 2.19. The monoisotopic (exact) mass is 243 g/mol. The normalized spacial score (nSPS) is 16.2. The largest absolute Gasteiger partial charge is 0.465 e. The molecule has 0 aromatic carbocycles. The minimum absolute atomic E-state index is 0.0774. The number of methoxy groups -OCH3 is 1. The summed E-state index contributed by atoms with van der Waals surface area (Å²) in [4.78, 5) is 23.7. The molecule has 4 nitrogen and oxygen atoms in total. The van der Waals surface area contributed by atoms with Gasteiger partial charge >= 0.3 is 5.97 Å². The third-order valence-corrected chi connectivity index (χ3v) is 3.30. The van der Waals surface area contributed by atoms with Gasteiger partial charge in [0.15, 0.2) is 0 Å². The molecule has 0 aromatic heterocycles. The van der Waals surface area contributed by atoms with Crippen molar-refractivity contribution >= 4 is 23.6 Å². The van der Waals surface area contributed by atoms with E-state index in [9.17, 15) is 9.59 Å². The minimum Gasteiger partial charge on any atom is -0.465 e. The lowest BCUT2D eigenvalue weighted by Crippen LogP contribution is -2.34. The van der Waals surface area contributed by atoms with Crippen molar-refractivity contribution in [2.45, 2.75) is 27.2 Å². The van der Waals surface area contributed by atoms with E-state index in [4.69, 9.17) is 0 Å². The number of nitrogens with one attached hydrogen (secondary N) is 1. The van der Waals surface area contributed by atoms with E-state index < -0.39 is 5.41 Å². The fraction of sp³-hybridized carbons (Fsp3) is 0.636. The van der Waals surface area contributed by atoms with Crippen molar-refractivity contribution < 1.29 is 14.3 Å². The van der Waals surface area contributed by atoms with Gasteiger partial charge in [0.25, 0.3) is 0 Å². The topological polar surface area (TPSA) is 55.4 Å². The number of hydrogen-bond donors (Lipinski definition) is 1. The molecule has 16 heavy (non-hydrogen) atoms. The first-order valence-electron chi connectivity index (χ1n) is 5.12. The number of hydrogen-bond acceptors (Lipinski definition) is 4. The molecule has 0 radical (unpaired) electrons. The first-order chi connectivity index (χ1) is 7.36. The molecule has 0 atom stereocenters. The SMILES string of the molecule is COC(=O)C1=C(NC(=O)C(C)(C)C)CCS1. The van der Waals surface area contributed by atoms with Crippen molar-refractivity contribution in [1.29, 1.82) is 0 Å². The van der Waals surface area contributed by atoms with Gasteiger partial charge in [-0.25, -0.2) is 4.79 Å². The first kappa shape index (κ1) is 13.1. The molecule has 1 aliphatic rings. The van der Waals surface area contributed by atoms with Gasteiger partial charge in [-0.1, -0.05) is 20.8 Å². The van der Waals surface area contributed by atoms with Crippen LogP contribution in [0, 0.1) is 5.41 Å². The Hall–Kier alpha value is -0.970. The lowest BCUT2D eigenvalue weighted by atomic mass is 9.95. The number of amides is 1. The number of carbonyl (C=O) groups excluding carboxylic acids is 2. The van der Waals surface area contributed by atoms with Gasteiger partial charge in [-0.3, -0.25) is 4.79 Å². The maximum absolute atomic E-state index is 11.8. The number of rotatable bonds is 2. The van der Waals surface area contributed by atoms with E-state index in [0.717, 1.165) is 5.75 Å². The van der Waals surface area contributed by atoms with Crippen LogP contribution in [0.15, 0.2) is 10.6 Å². The lowest BCUT2D eigenvalue weighted by Gasteiger charge is -2.18. The number of esters is 1. The molecule has 0 aliphatic carbocycles. The van der Waals surface area contributed by atoms with Gasteiger partial charge < -0.3 is 10.1 Å². The zero-order valence-electron chi connectivity index (χ0n) is 10.0. The molecule has 1 heterocycles. The molecule has 0 saturated carbocycles. The quantitative estimate of drug-likeness (QED) is 0.750. The summed E-state index contributed by atoms with van der Waals surface area (Å²) in [6, 6.07) is 0. The summed E-state index contributed by atoms with van der Waals surface area (Å²) in [5, 5.41) is 2.80. The second kappa shape index (κ2) is 4.91. The van der Waals surface area contributed by atoms with E-state index in [1.807, 2.05) is 20.8 Å². The lowest BCUT2D eigenvalue weighted by molar-refractivity contribution is -0.135. The van der Waals surface area contributed by atoms with Gasteiger partial charge in [0, 0.05) is 16.9 Å². The summed E-state index contributed by atoms with van der Waals surface area (Å²) >= 11 is 1.43. The van der Waals surface area contributed by atoms with E-state index >= 15 is 0 Å². The average Bonchev–Trinajstić information content (AvgIpc) is 2.63. The molecule has 1 N–H and O–H groups in total. The average molecular weight is 243 g/mol. The van der Waals surface area contributed by atoms with Crippen molar-refractivity contribution in [3.05, 3.63) is 10.6 Å². The first-order valence-corrected chi connectivity index (χ1v) is 6.10. The van der Waals surface area contributed by atoms with Crippen LogP contribution in [-0.4, -0.2) is 24.7 Å². The summed E-state index contributed by atoms with van der Waals surface area (Å²) in [7, 11) is 1.34. The molecule has 0 aromatic rings. The Labute approximate surface area is 99.8 Å². The second-order valence-electron chi connectivity index (χ2n) is 4.60. The summed E-state index contributed by atoms with van der Waals surface area (Å²) < 4.78 is 4.66. The Bertz CT molecular complexity index is 342. The van der Waals surface area contributed by atoms with E-state index in [1.165, 1.54) is 18.9 Å². The minimum atomic E-state index is -0.457. The molecule has 0 saturated heterocycles. The zero-order valence-corrected chi connectivity index (χ0v) is 10.9. The van der Waals surface area contributed by atoms with Crippen LogP contribution in [0.1, 0.15) is 27.2 Å². The summed E-state index contributed by atoms with van der Waals surface area (Å²) in [5.74, 6) is 0.364. The molecule has 5 heteroatoms. The van der Waals surface area contributed by atoms with E-state index in [2.05, 4.69) is 10.1 Å². The van der Waals surface area contributed by atoms with Gasteiger partial charge in [0.2, 0.25) is 5.91 Å². The molecule has 1 amide bonds. The van der Waals surface area contributed by atoms with Crippen LogP contribution in [-0.2, 0) is 14.3 Å². The van der Waals surface area contributed by atoms with Gasteiger partial charge in [-0.2, -0.15) is 0 Å². The van der Waals surface area contributed by atoms with E-state index in [0.29, 0.717) is 17.0 Å². The Morgan fingerprint density at radius 1 is 1.38 bits per heavy atom. The molecule has 0 bridgehead atoms.